The highest BCUT2D eigenvalue weighted by atomic mass is 16.5. The monoisotopic (exact) mass is 324 g/mol. The highest BCUT2D eigenvalue weighted by Gasteiger charge is 2.19. The van der Waals surface area contributed by atoms with E-state index >= 15 is 0 Å². The number of benzene rings is 2. The second-order valence-electron chi connectivity index (χ2n) is 6.52. The molecule has 0 radical (unpaired) electrons. The number of hydrogen-bond donors (Lipinski definition) is 1. The number of piperidine rings is 1. The van der Waals surface area contributed by atoms with E-state index in [9.17, 15) is 0 Å². The summed E-state index contributed by atoms with van der Waals surface area (Å²) in [5.74, 6) is 0. The van der Waals surface area contributed by atoms with Crippen molar-refractivity contribution in [1.82, 2.24) is 10.2 Å². The first-order valence-electron chi connectivity index (χ1n) is 8.98. The lowest BCUT2D eigenvalue weighted by Gasteiger charge is -2.31. The van der Waals surface area contributed by atoms with Crippen molar-refractivity contribution in [3.63, 3.8) is 0 Å². The number of likely N-dealkylation sites (tertiary alicyclic amines) is 1. The molecule has 0 bridgehead atoms. The number of nitrogens with one attached hydrogen (secondary N) is 1. The summed E-state index contributed by atoms with van der Waals surface area (Å²) >= 11 is 0. The third-order valence-corrected chi connectivity index (χ3v) is 4.76. The van der Waals surface area contributed by atoms with Crippen molar-refractivity contribution >= 4 is 0 Å². The molecule has 0 amide bonds. The van der Waals surface area contributed by atoms with Gasteiger partial charge in [0.15, 0.2) is 0 Å². The molecule has 0 spiro atoms. The molecule has 1 heterocycles. The lowest BCUT2D eigenvalue weighted by Crippen LogP contribution is -2.40. The molecule has 0 aliphatic carbocycles. The third-order valence-electron chi connectivity index (χ3n) is 4.76. The lowest BCUT2D eigenvalue weighted by molar-refractivity contribution is -0.00209. The number of rotatable bonds is 7. The second-order valence-corrected chi connectivity index (χ2v) is 6.52. The van der Waals surface area contributed by atoms with E-state index < -0.39 is 0 Å². The number of hydrogen-bond acceptors (Lipinski definition) is 3. The molecule has 0 aromatic heterocycles. The molecule has 1 aliphatic rings. The van der Waals surface area contributed by atoms with Gasteiger partial charge in [0.2, 0.25) is 0 Å². The van der Waals surface area contributed by atoms with E-state index in [-0.39, 0.29) is 0 Å². The Bertz CT molecular complexity index is 589. The van der Waals surface area contributed by atoms with Crippen LogP contribution in [0, 0.1) is 0 Å². The molecule has 24 heavy (non-hydrogen) atoms. The summed E-state index contributed by atoms with van der Waals surface area (Å²) in [6.07, 6.45) is 2.70. The van der Waals surface area contributed by atoms with Gasteiger partial charge in [0.1, 0.15) is 0 Å². The molecule has 0 saturated carbocycles. The molecule has 0 atom stereocenters. The van der Waals surface area contributed by atoms with Gasteiger partial charge in [0.25, 0.3) is 0 Å². The van der Waals surface area contributed by atoms with E-state index in [1.54, 1.807) is 0 Å². The zero-order chi connectivity index (χ0) is 16.6. The van der Waals surface area contributed by atoms with Gasteiger partial charge in [-0.1, -0.05) is 54.6 Å². The van der Waals surface area contributed by atoms with Gasteiger partial charge in [-0.05, 0) is 36.6 Å². The largest absolute Gasteiger partial charge is 0.373 e. The molecule has 2 aromatic carbocycles. The first-order valence-corrected chi connectivity index (χ1v) is 8.98. The normalized spacial score (nSPS) is 16.4. The SMILES string of the molecule is CNCCN1CCC(OCc2ccc(-c3ccccc3)cc2)CC1. The summed E-state index contributed by atoms with van der Waals surface area (Å²) in [5.41, 5.74) is 3.78. The Labute approximate surface area is 145 Å². The van der Waals surface area contributed by atoms with Crippen LogP contribution in [0.5, 0.6) is 0 Å². The van der Waals surface area contributed by atoms with Gasteiger partial charge >= 0.3 is 0 Å². The van der Waals surface area contributed by atoms with Crippen molar-refractivity contribution in [2.24, 2.45) is 0 Å². The van der Waals surface area contributed by atoms with Crippen LogP contribution in [-0.4, -0.2) is 44.2 Å². The van der Waals surface area contributed by atoms with Crippen LogP contribution in [0.1, 0.15) is 18.4 Å². The highest BCUT2D eigenvalue weighted by Crippen LogP contribution is 2.20. The predicted octanol–water partition coefficient (Wildman–Crippen LogP) is 3.55. The van der Waals surface area contributed by atoms with Crippen molar-refractivity contribution in [2.45, 2.75) is 25.6 Å². The van der Waals surface area contributed by atoms with Crippen LogP contribution in [-0.2, 0) is 11.3 Å². The van der Waals surface area contributed by atoms with Gasteiger partial charge in [-0.25, -0.2) is 0 Å². The molecule has 1 aliphatic heterocycles. The van der Waals surface area contributed by atoms with E-state index in [2.05, 4.69) is 64.8 Å². The zero-order valence-electron chi connectivity index (χ0n) is 14.6. The minimum atomic E-state index is 0.407. The molecular weight excluding hydrogens is 296 g/mol. The lowest BCUT2D eigenvalue weighted by atomic mass is 10.0. The average molecular weight is 324 g/mol. The molecule has 1 N–H and O–H groups in total. The summed E-state index contributed by atoms with van der Waals surface area (Å²) in [6, 6.07) is 19.2. The maximum absolute atomic E-state index is 6.13. The standard InChI is InChI=1S/C21H28N2O/c1-22-13-16-23-14-11-21(12-15-23)24-17-18-7-9-20(10-8-18)19-5-3-2-4-6-19/h2-10,21-22H,11-17H2,1H3. The van der Waals surface area contributed by atoms with Crippen LogP contribution in [0.2, 0.25) is 0 Å². The fraction of sp³-hybridized carbons (Fsp3) is 0.429. The minimum absolute atomic E-state index is 0.407. The van der Waals surface area contributed by atoms with E-state index in [1.165, 1.54) is 16.7 Å². The molecule has 0 unspecified atom stereocenters. The predicted molar refractivity (Wildman–Crippen MR) is 100 cm³/mol. The third kappa shape index (κ3) is 4.91. The summed E-state index contributed by atoms with van der Waals surface area (Å²) in [4.78, 5) is 2.52. The Morgan fingerprint density at radius 3 is 2.29 bits per heavy atom. The van der Waals surface area contributed by atoms with E-state index in [0.29, 0.717) is 6.10 Å². The molecule has 1 saturated heterocycles. The van der Waals surface area contributed by atoms with Gasteiger partial charge in [0.05, 0.1) is 12.7 Å². The van der Waals surface area contributed by atoms with Gasteiger partial charge in [0, 0.05) is 26.2 Å². The molecule has 128 valence electrons. The molecule has 3 rings (SSSR count). The van der Waals surface area contributed by atoms with Crippen molar-refractivity contribution in [3.8, 4) is 11.1 Å². The molecule has 1 fully saturated rings. The Kier molecular flexibility index (Phi) is 6.41. The highest BCUT2D eigenvalue weighted by molar-refractivity contribution is 5.63. The summed E-state index contributed by atoms with van der Waals surface area (Å²) < 4.78 is 6.13. The Morgan fingerprint density at radius 2 is 1.62 bits per heavy atom. The van der Waals surface area contributed by atoms with Crippen molar-refractivity contribution < 1.29 is 4.74 Å². The number of ether oxygens (including phenoxy) is 1. The average Bonchev–Trinajstić information content (AvgIpc) is 2.67. The van der Waals surface area contributed by atoms with E-state index in [4.69, 9.17) is 4.74 Å². The quantitative estimate of drug-likeness (QED) is 0.843. The fourth-order valence-electron chi connectivity index (χ4n) is 3.21. The van der Waals surface area contributed by atoms with Crippen LogP contribution in [0.3, 0.4) is 0 Å². The van der Waals surface area contributed by atoms with Gasteiger partial charge in [-0.3, -0.25) is 0 Å². The van der Waals surface area contributed by atoms with Crippen LogP contribution in [0.15, 0.2) is 54.6 Å². The van der Waals surface area contributed by atoms with Gasteiger partial charge < -0.3 is 15.0 Å². The minimum Gasteiger partial charge on any atom is -0.373 e. The molecule has 3 heteroatoms. The van der Waals surface area contributed by atoms with Crippen LogP contribution in [0.4, 0.5) is 0 Å². The maximum atomic E-state index is 6.13. The zero-order valence-corrected chi connectivity index (χ0v) is 14.6. The second kappa shape index (κ2) is 8.97. The number of likely N-dealkylation sites (N-methyl/N-ethyl adjacent to an activating group) is 1. The first kappa shape index (κ1) is 17.2. The Balaban J connectivity index is 1.44. The van der Waals surface area contributed by atoms with Crippen LogP contribution >= 0.6 is 0 Å². The Hall–Kier alpha value is -1.68. The van der Waals surface area contributed by atoms with E-state index in [1.807, 2.05) is 7.05 Å². The summed E-state index contributed by atoms with van der Waals surface area (Å²) in [7, 11) is 2.01. The first-order chi connectivity index (χ1) is 11.8. The van der Waals surface area contributed by atoms with Crippen molar-refractivity contribution in [3.05, 3.63) is 60.2 Å². The topological polar surface area (TPSA) is 24.5 Å². The summed E-state index contributed by atoms with van der Waals surface area (Å²) in [6.45, 7) is 5.23. The van der Waals surface area contributed by atoms with Crippen LogP contribution < -0.4 is 5.32 Å². The maximum Gasteiger partial charge on any atom is 0.0720 e. The van der Waals surface area contributed by atoms with Crippen molar-refractivity contribution in [1.29, 1.82) is 0 Å². The molecule has 2 aromatic rings. The summed E-state index contributed by atoms with van der Waals surface area (Å²) in [5, 5.41) is 3.22. The molecule has 3 nitrogen and oxygen atoms in total. The Morgan fingerprint density at radius 1 is 0.958 bits per heavy atom. The van der Waals surface area contributed by atoms with E-state index in [0.717, 1.165) is 45.6 Å². The molecular formula is C21H28N2O. The number of nitrogens with zero attached hydrogens (tertiary/aromatic N) is 1. The fourth-order valence-corrected chi connectivity index (χ4v) is 3.21. The smallest absolute Gasteiger partial charge is 0.0720 e. The van der Waals surface area contributed by atoms with Gasteiger partial charge in [-0.15, -0.1) is 0 Å². The van der Waals surface area contributed by atoms with Crippen molar-refractivity contribution in [2.75, 3.05) is 33.2 Å². The van der Waals surface area contributed by atoms with Crippen LogP contribution in [0.25, 0.3) is 11.1 Å². The van der Waals surface area contributed by atoms with Gasteiger partial charge in [-0.2, -0.15) is 0 Å².